The van der Waals surface area contributed by atoms with Gasteiger partial charge in [0, 0.05) is 68.6 Å². The fraction of sp³-hybridized carbons (Fsp3) is 0.533. The number of piperazine rings is 1. The van der Waals surface area contributed by atoms with Crippen LogP contribution in [-0.2, 0) is 4.79 Å². The van der Waals surface area contributed by atoms with Crippen LogP contribution in [0.1, 0.15) is 61.3 Å². The van der Waals surface area contributed by atoms with E-state index < -0.39 is 5.54 Å². The molecule has 0 spiro atoms. The summed E-state index contributed by atoms with van der Waals surface area (Å²) in [5, 5.41) is 15.7. The zero-order valence-corrected chi connectivity index (χ0v) is 24.0. The van der Waals surface area contributed by atoms with Gasteiger partial charge in [0.05, 0.1) is 17.8 Å². The molecule has 0 atom stereocenters. The maximum Gasteiger partial charge on any atom is 0.253 e. The number of aromatic nitrogens is 1. The molecule has 10 heteroatoms. The third-order valence-electron chi connectivity index (χ3n) is 7.49. The van der Waals surface area contributed by atoms with E-state index in [1.165, 1.54) is 0 Å². The summed E-state index contributed by atoms with van der Waals surface area (Å²) in [5.74, 6) is 0.514. The summed E-state index contributed by atoms with van der Waals surface area (Å²) in [4.78, 5) is 49.2. The number of likely N-dealkylation sites (tertiary alicyclic amines) is 1. The third kappa shape index (κ3) is 7.10. The van der Waals surface area contributed by atoms with Gasteiger partial charge in [0.1, 0.15) is 0 Å². The normalized spacial score (nSPS) is 16.7. The Kier molecular flexibility index (Phi) is 9.29. The van der Waals surface area contributed by atoms with Crippen molar-refractivity contribution in [3.63, 3.8) is 0 Å². The molecular formula is C30H42N6O4. The quantitative estimate of drug-likeness (QED) is 0.462. The first kappa shape index (κ1) is 29.3. The Hall–Kier alpha value is -3.66. The van der Waals surface area contributed by atoms with Crippen LogP contribution in [0.4, 0.5) is 11.5 Å². The molecule has 2 aromatic rings. The number of rotatable bonds is 8. The van der Waals surface area contributed by atoms with E-state index in [2.05, 4.69) is 34.4 Å². The summed E-state index contributed by atoms with van der Waals surface area (Å²) >= 11 is 0. The van der Waals surface area contributed by atoms with E-state index in [1.807, 2.05) is 17.0 Å². The number of pyridine rings is 1. The van der Waals surface area contributed by atoms with Crippen molar-refractivity contribution in [3.8, 4) is 0 Å². The second-order valence-electron chi connectivity index (χ2n) is 11.6. The second kappa shape index (κ2) is 12.7. The van der Waals surface area contributed by atoms with E-state index in [1.54, 1.807) is 49.2 Å². The number of piperidine rings is 1. The molecule has 1 aromatic carbocycles. The van der Waals surface area contributed by atoms with Crippen molar-refractivity contribution < 1.29 is 19.5 Å². The van der Waals surface area contributed by atoms with Crippen LogP contribution in [0.5, 0.6) is 0 Å². The Balaban J connectivity index is 1.29. The number of nitrogens with zero attached hydrogens (tertiary/aromatic N) is 4. The highest BCUT2D eigenvalue weighted by Crippen LogP contribution is 2.25. The average molecular weight is 551 g/mol. The molecule has 0 saturated carbocycles. The monoisotopic (exact) mass is 550 g/mol. The van der Waals surface area contributed by atoms with E-state index in [0.29, 0.717) is 69.3 Å². The molecule has 4 rings (SSSR count). The van der Waals surface area contributed by atoms with E-state index in [4.69, 9.17) is 0 Å². The molecule has 2 aliphatic heterocycles. The number of hydrogen-bond donors (Lipinski definition) is 3. The summed E-state index contributed by atoms with van der Waals surface area (Å²) < 4.78 is 0. The Bertz CT molecular complexity index is 1180. The van der Waals surface area contributed by atoms with Crippen molar-refractivity contribution in [1.29, 1.82) is 0 Å². The van der Waals surface area contributed by atoms with E-state index in [0.717, 1.165) is 11.5 Å². The van der Waals surface area contributed by atoms with Crippen LogP contribution in [0, 0.1) is 5.92 Å². The number of hydrogen-bond acceptors (Lipinski definition) is 7. The zero-order valence-electron chi connectivity index (χ0n) is 24.0. The molecule has 0 bridgehead atoms. The lowest BCUT2D eigenvalue weighted by Crippen LogP contribution is -2.50. The van der Waals surface area contributed by atoms with E-state index >= 15 is 0 Å². The number of aliphatic hydroxyl groups is 1. The van der Waals surface area contributed by atoms with Gasteiger partial charge in [-0.2, -0.15) is 0 Å². The van der Waals surface area contributed by atoms with Gasteiger partial charge < -0.3 is 30.4 Å². The van der Waals surface area contributed by atoms with Crippen molar-refractivity contribution >= 4 is 29.2 Å². The predicted octanol–water partition coefficient (Wildman–Crippen LogP) is 2.60. The average Bonchev–Trinajstić information content (AvgIpc) is 2.96. The standard InChI is InChI=1S/C30H42N6O4/c1-21(2)32-25-6-5-13-31-26(25)34-16-18-36(19-17-34)29(40)24-9-7-23(8-10-24)28(39)35-14-11-22(12-15-35)27(38)33-30(3,4)20-37/h5-10,13,21-22,32,37H,11-12,14-20H2,1-4H3,(H,33,38). The maximum atomic E-state index is 13.2. The Morgan fingerprint density at radius 1 is 0.925 bits per heavy atom. The summed E-state index contributed by atoms with van der Waals surface area (Å²) in [6.45, 7) is 11.2. The second-order valence-corrected chi connectivity index (χ2v) is 11.6. The summed E-state index contributed by atoms with van der Waals surface area (Å²) in [7, 11) is 0. The molecule has 2 saturated heterocycles. The topological polar surface area (TPSA) is 118 Å². The van der Waals surface area contributed by atoms with Crippen LogP contribution < -0.4 is 15.5 Å². The molecule has 40 heavy (non-hydrogen) atoms. The van der Waals surface area contributed by atoms with Crippen LogP contribution >= 0.6 is 0 Å². The highest BCUT2D eigenvalue weighted by atomic mass is 16.3. The Morgan fingerprint density at radius 2 is 1.48 bits per heavy atom. The molecule has 2 fully saturated rings. The number of anilines is 2. The van der Waals surface area contributed by atoms with E-state index in [9.17, 15) is 19.5 Å². The highest BCUT2D eigenvalue weighted by Gasteiger charge is 2.31. The van der Waals surface area contributed by atoms with Gasteiger partial charge in [0.15, 0.2) is 5.82 Å². The smallest absolute Gasteiger partial charge is 0.253 e. The molecule has 0 aliphatic carbocycles. The lowest BCUT2D eigenvalue weighted by Gasteiger charge is -2.36. The minimum Gasteiger partial charge on any atom is -0.394 e. The van der Waals surface area contributed by atoms with Gasteiger partial charge in [-0.05, 0) is 76.9 Å². The molecular weight excluding hydrogens is 508 g/mol. The van der Waals surface area contributed by atoms with Crippen molar-refractivity contribution in [2.24, 2.45) is 5.92 Å². The number of carbonyl (C=O) groups excluding carboxylic acids is 3. The molecule has 0 unspecified atom stereocenters. The summed E-state index contributed by atoms with van der Waals surface area (Å²) in [6, 6.07) is 11.1. The van der Waals surface area contributed by atoms with Crippen LogP contribution in [0.2, 0.25) is 0 Å². The number of benzene rings is 1. The lowest BCUT2D eigenvalue weighted by atomic mass is 9.94. The first-order valence-electron chi connectivity index (χ1n) is 14.2. The van der Waals surface area contributed by atoms with Crippen molar-refractivity contribution in [1.82, 2.24) is 20.1 Å². The van der Waals surface area contributed by atoms with E-state index in [-0.39, 0.29) is 30.2 Å². The first-order valence-corrected chi connectivity index (χ1v) is 14.2. The SMILES string of the molecule is CC(C)Nc1cccnc1N1CCN(C(=O)c2ccc(C(=O)N3CCC(C(=O)NC(C)(C)CO)CC3)cc2)CC1. The van der Waals surface area contributed by atoms with Crippen LogP contribution in [0.3, 0.4) is 0 Å². The zero-order chi connectivity index (χ0) is 28.9. The van der Waals surface area contributed by atoms with Gasteiger partial charge in [-0.15, -0.1) is 0 Å². The fourth-order valence-electron chi connectivity index (χ4n) is 5.13. The molecule has 3 N–H and O–H groups in total. The predicted molar refractivity (Wildman–Crippen MR) is 155 cm³/mol. The summed E-state index contributed by atoms with van der Waals surface area (Å²) in [6.07, 6.45) is 2.95. The van der Waals surface area contributed by atoms with Crippen LogP contribution in [0.15, 0.2) is 42.6 Å². The number of aliphatic hydroxyl groups excluding tert-OH is 1. The number of nitrogens with one attached hydrogen (secondary N) is 2. The maximum absolute atomic E-state index is 13.2. The number of carbonyl (C=O) groups is 3. The molecule has 0 radical (unpaired) electrons. The van der Waals surface area contributed by atoms with Gasteiger partial charge >= 0.3 is 0 Å². The fourth-order valence-corrected chi connectivity index (χ4v) is 5.13. The minimum atomic E-state index is -0.662. The van der Waals surface area contributed by atoms with Crippen molar-refractivity contribution in [2.75, 3.05) is 56.1 Å². The van der Waals surface area contributed by atoms with Crippen molar-refractivity contribution in [3.05, 3.63) is 53.7 Å². The molecule has 3 amide bonds. The molecule has 3 heterocycles. The van der Waals surface area contributed by atoms with Crippen LogP contribution in [0.25, 0.3) is 0 Å². The highest BCUT2D eigenvalue weighted by molar-refractivity contribution is 5.98. The Labute approximate surface area is 236 Å². The first-order chi connectivity index (χ1) is 19.1. The van der Waals surface area contributed by atoms with Crippen molar-refractivity contribution in [2.45, 2.75) is 52.1 Å². The van der Waals surface area contributed by atoms with Crippen LogP contribution in [-0.4, -0.2) is 95.1 Å². The van der Waals surface area contributed by atoms with Gasteiger partial charge in [0.25, 0.3) is 11.8 Å². The van der Waals surface area contributed by atoms with Gasteiger partial charge in [-0.3, -0.25) is 14.4 Å². The largest absolute Gasteiger partial charge is 0.394 e. The minimum absolute atomic E-state index is 0.0437. The molecule has 216 valence electrons. The van der Waals surface area contributed by atoms with Gasteiger partial charge in [0.2, 0.25) is 5.91 Å². The van der Waals surface area contributed by atoms with Gasteiger partial charge in [-0.25, -0.2) is 4.98 Å². The third-order valence-corrected chi connectivity index (χ3v) is 7.49. The molecule has 10 nitrogen and oxygen atoms in total. The van der Waals surface area contributed by atoms with Gasteiger partial charge in [-0.1, -0.05) is 0 Å². The number of amides is 3. The molecule has 1 aromatic heterocycles. The summed E-state index contributed by atoms with van der Waals surface area (Å²) in [5.41, 5.74) is 1.43. The Morgan fingerprint density at radius 3 is 2.00 bits per heavy atom. The molecule has 2 aliphatic rings. The lowest BCUT2D eigenvalue weighted by molar-refractivity contribution is -0.128.